The summed E-state index contributed by atoms with van der Waals surface area (Å²) in [6.07, 6.45) is 1.92. The Morgan fingerprint density at radius 1 is 1.45 bits per heavy atom. The SMILES string of the molecule is CN(C)C(C/C=N/Nc1cccc(Cl)n1)=C(C#N)C#N. The molecule has 1 rings (SSSR count). The van der Waals surface area contributed by atoms with Crippen molar-refractivity contribution in [2.75, 3.05) is 19.5 Å². The summed E-state index contributed by atoms with van der Waals surface area (Å²) >= 11 is 5.74. The predicted molar refractivity (Wildman–Crippen MR) is 77.9 cm³/mol. The van der Waals surface area contributed by atoms with E-state index in [-0.39, 0.29) is 5.57 Å². The van der Waals surface area contributed by atoms with Gasteiger partial charge in [-0.25, -0.2) is 4.98 Å². The molecule has 0 fully saturated rings. The molecule has 1 aromatic heterocycles. The molecule has 0 saturated carbocycles. The van der Waals surface area contributed by atoms with Gasteiger partial charge in [0.1, 0.15) is 28.7 Å². The molecular weight excluding hydrogens is 276 g/mol. The molecule has 1 aromatic rings. The number of rotatable bonds is 5. The number of hydrazone groups is 1. The smallest absolute Gasteiger partial charge is 0.149 e. The number of nitrogens with one attached hydrogen (secondary N) is 1. The van der Waals surface area contributed by atoms with Crippen molar-refractivity contribution in [3.8, 4) is 12.1 Å². The fraction of sp³-hybridized carbons (Fsp3) is 0.231. The third kappa shape index (κ3) is 4.60. The summed E-state index contributed by atoms with van der Waals surface area (Å²) in [5.41, 5.74) is 3.39. The number of halogens is 1. The second-order valence-corrected chi connectivity index (χ2v) is 4.30. The Labute approximate surface area is 122 Å². The molecule has 7 heteroatoms. The Morgan fingerprint density at radius 3 is 2.70 bits per heavy atom. The Bertz CT molecular complexity index is 590. The van der Waals surface area contributed by atoms with Crippen molar-refractivity contribution >= 4 is 23.6 Å². The van der Waals surface area contributed by atoms with Crippen molar-refractivity contribution in [1.29, 1.82) is 10.5 Å². The van der Waals surface area contributed by atoms with Gasteiger partial charge in [-0.1, -0.05) is 17.7 Å². The Balaban J connectivity index is 2.70. The number of hydrogen-bond acceptors (Lipinski definition) is 6. The number of hydrogen-bond donors (Lipinski definition) is 1. The maximum absolute atomic E-state index is 8.87. The van der Waals surface area contributed by atoms with Gasteiger partial charge in [0.15, 0.2) is 0 Å². The molecule has 0 radical (unpaired) electrons. The van der Waals surface area contributed by atoms with Crippen molar-refractivity contribution in [3.63, 3.8) is 0 Å². The predicted octanol–water partition coefficient (Wildman–Crippen LogP) is 2.39. The van der Waals surface area contributed by atoms with Crippen LogP contribution in [0.4, 0.5) is 5.82 Å². The van der Waals surface area contributed by atoms with Crippen molar-refractivity contribution in [1.82, 2.24) is 9.88 Å². The monoisotopic (exact) mass is 288 g/mol. The fourth-order valence-corrected chi connectivity index (χ4v) is 1.54. The minimum Gasteiger partial charge on any atom is -0.379 e. The van der Waals surface area contributed by atoms with Gasteiger partial charge in [0.25, 0.3) is 0 Å². The molecule has 0 aliphatic carbocycles. The Kier molecular flexibility index (Phi) is 6.02. The lowest BCUT2D eigenvalue weighted by Gasteiger charge is -2.15. The van der Waals surface area contributed by atoms with Gasteiger partial charge < -0.3 is 4.90 Å². The van der Waals surface area contributed by atoms with Crippen LogP contribution >= 0.6 is 11.6 Å². The van der Waals surface area contributed by atoms with Crippen molar-refractivity contribution in [2.45, 2.75) is 6.42 Å². The first-order valence-electron chi connectivity index (χ1n) is 5.69. The maximum Gasteiger partial charge on any atom is 0.149 e. The largest absolute Gasteiger partial charge is 0.379 e. The number of allylic oxidation sites excluding steroid dienone is 2. The number of nitrogens with zero attached hydrogens (tertiary/aromatic N) is 5. The summed E-state index contributed by atoms with van der Waals surface area (Å²) in [6.45, 7) is 0. The summed E-state index contributed by atoms with van der Waals surface area (Å²) in [5, 5.41) is 22.1. The maximum atomic E-state index is 8.87. The molecule has 0 bridgehead atoms. The van der Waals surface area contributed by atoms with Crippen LogP contribution in [0.1, 0.15) is 6.42 Å². The third-order valence-corrected chi connectivity index (χ3v) is 2.53. The lowest BCUT2D eigenvalue weighted by Crippen LogP contribution is -2.13. The van der Waals surface area contributed by atoms with Crippen molar-refractivity contribution < 1.29 is 0 Å². The average molecular weight is 289 g/mol. The van der Waals surface area contributed by atoms with Crippen LogP contribution in [0.2, 0.25) is 5.15 Å². The zero-order chi connectivity index (χ0) is 15.0. The highest BCUT2D eigenvalue weighted by atomic mass is 35.5. The van der Waals surface area contributed by atoms with Gasteiger partial charge >= 0.3 is 0 Å². The number of nitriles is 2. The van der Waals surface area contributed by atoms with Crippen LogP contribution in [-0.4, -0.2) is 30.2 Å². The third-order valence-electron chi connectivity index (χ3n) is 2.32. The van der Waals surface area contributed by atoms with E-state index in [1.165, 1.54) is 0 Å². The standard InChI is InChI=1S/C13H13ClN6/c1-20(2)11(10(8-15)9-16)6-7-17-19-13-5-3-4-12(14)18-13/h3-5,7H,6H2,1-2H3,(H,18,19)/b17-7+. The summed E-state index contributed by atoms with van der Waals surface area (Å²) in [6, 6.07) is 8.87. The van der Waals surface area contributed by atoms with E-state index < -0.39 is 0 Å². The summed E-state index contributed by atoms with van der Waals surface area (Å²) in [7, 11) is 3.54. The molecule has 102 valence electrons. The zero-order valence-corrected chi connectivity index (χ0v) is 11.9. The second kappa shape index (κ2) is 7.78. The van der Waals surface area contributed by atoms with E-state index in [1.807, 2.05) is 12.1 Å². The molecule has 0 aliphatic rings. The highest BCUT2D eigenvalue weighted by molar-refractivity contribution is 6.29. The molecule has 0 atom stereocenters. The lowest BCUT2D eigenvalue weighted by molar-refractivity contribution is 0.503. The Hall–Kier alpha value is -2.57. The highest BCUT2D eigenvalue weighted by Crippen LogP contribution is 2.10. The number of pyridine rings is 1. The molecular formula is C13H13ClN6. The van der Waals surface area contributed by atoms with Crippen LogP contribution in [0.25, 0.3) is 0 Å². The number of anilines is 1. The van der Waals surface area contributed by atoms with E-state index in [9.17, 15) is 0 Å². The molecule has 0 spiro atoms. The normalized spacial score (nSPS) is 9.65. The molecule has 0 unspecified atom stereocenters. The van der Waals surface area contributed by atoms with Crippen LogP contribution < -0.4 is 5.43 Å². The van der Waals surface area contributed by atoms with Gasteiger partial charge in [-0.05, 0) is 12.1 Å². The van der Waals surface area contributed by atoms with E-state index in [2.05, 4.69) is 15.5 Å². The summed E-state index contributed by atoms with van der Waals surface area (Å²) < 4.78 is 0. The fourth-order valence-electron chi connectivity index (χ4n) is 1.38. The van der Waals surface area contributed by atoms with E-state index in [1.54, 1.807) is 43.4 Å². The van der Waals surface area contributed by atoms with Crippen LogP contribution in [0, 0.1) is 22.7 Å². The van der Waals surface area contributed by atoms with E-state index >= 15 is 0 Å². The van der Waals surface area contributed by atoms with Gasteiger partial charge in [-0.2, -0.15) is 15.6 Å². The van der Waals surface area contributed by atoms with Crippen LogP contribution in [0.15, 0.2) is 34.6 Å². The summed E-state index contributed by atoms with van der Waals surface area (Å²) in [4.78, 5) is 5.72. The molecule has 1 N–H and O–H groups in total. The summed E-state index contributed by atoms with van der Waals surface area (Å²) in [5.74, 6) is 0.518. The van der Waals surface area contributed by atoms with Crippen LogP contribution in [0.3, 0.4) is 0 Å². The van der Waals surface area contributed by atoms with Crippen LogP contribution in [-0.2, 0) is 0 Å². The average Bonchev–Trinajstić information content (AvgIpc) is 2.42. The topological polar surface area (TPSA) is 88.1 Å². The van der Waals surface area contributed by atoms with Gasteiger partial charge in [0.05, 0.1) is 0 Å². The molecule has 0 aliphatic heterocycles. The minimum atomic E-state index is 0.0716. The van der Waals surface area contributed by atoms with Crippen molar-refractivity contribution in [2.24, 2.45) is 5.10 Å². The lowest BCUT2D eigenvalue weighted by atomic mass is 10.2. The molecule has 0 saturated heterocycles. The highest BCUT2D eigenvalue weighted by Gasteiger charge is 2.06. The zero-order valence-electron chi connectivity index (χ0n) is 11.1. The molecule has 0 aromatic carbocycles. The first kappa shape index (κ1) is 15.5. The minimum absolute atomic E-state index is 0.0716. The quantitative estimate of drug-likeness (QED) is 0.389. The molecule has 0 amide bonds. The first-order chi connectivity index (χ1) is 9.58. The molecule has 1 heterocycles. The number of aromatic nitrogens is 1. The molecule has 20 heavy (non-hydrogen) atoms. The second-order valence-electron chi connectivity index (χ2n) is 3.91. The molecule has 6 nitrogen and oxygen atoms in total. The van der Waals surface area contributed by atoms with E-state index in [0.717, 1.165) is 0 Å². The van der Waals surface area contributed by atoms with Crippen molar-refractivity contribution in [3.05, 3.63) is 34.6 Å². The Morgan fingerprint density at radius 2 is 2.15 bits per heavy atom. The van der Waals surface area contributed by atoms with Gasteiger partial charge in [-0.3, -0.25) is 5.43 Å². The van der Waals surface area contributed by atoms with Gasteiger partial charge in [0, 0.05) is 32.4 Å². The van der Waals surface area contributed by atoms with E-state index in [4.69, 9.17) is 22.1 Å². The van der Waals surface area contributed by atoms with Crippen LogP contribution in [0.5, 0.6) is 0 Å². The van der Waals surface area contributed by atoms with Gasteiger partial charge in [-0.15, -0.1) is 0 Å². The first-order valence-corrected chi connectivity index (χ1v) is 6.07. The van der Waals surface area contributed by atoms with E-state index in [0.29, 0.717) is 23.1 Å². The van der Waals surface area contributed by atoms with Gasteiger partial charge in [0.2, 0.25) is 0 Å².